The lowest BCUT2D eigenvalue weighted by molar-refractivity contribution is -0.167. The Morgan fingerprint density at radius 1 is 0.292 bits per heavy atom. The van der Waals surface area contributed by atoms with Gasteiger partial charge in [0, 0.05) is 19.3 Å². The fraction of sp³-hybridized carbons (Fsp3) is 0.742. The summed E-state index contributed by atoms with van der Waals surface area (Å²) < 4.78 is 16.9. The molecule has 0 fully saturated rings. The highest BCUT2D eigenvalue weighted by molar-refractivity contribution is 5.71. The van der Waals surface area contributed by atoms with Gasteiger partial charge in [0.05, 0.1) is 0 Å². The number of carbonyl (C=O) groups is 3. The lowest BCUT2D eigenvalue weighted by Gasteiger charge is -2.18. The van der Waals surface area contributed by atoms with Crippen LogP contribution in [0.2, 0.25) is 0 Å². The van der Waals surface area contributed by atoms with Gasteiger partial charge in [0.1, 0.15) is 13.2 Å². The third-order valence-corrected chi connectivity index (χ3v) is 13.1. The first-order chi connectivity index (χ1) is 35.5. The Morgan fingerprint density at radius 3 is 0.889 bits per heavy atom. The highest BCUT2D eigenvalue weighted by Crippen LogP contribution is 2.15. The molecule has 0 N–H and O–H groups in total. The number of allylic oxidation sites excluding steroid dienone is 14. The summed E-state index contributed by atoms with van der Waals surface area (Å²) in [6, 6.07) is 0. The maximum atomic E-state index is 12.9. The second-order valence-electron chi connectivity index (χ2n) is 20.2. The van der Waals surface area contributed by atoms with Crippen LogP contribution in [0.25, 0.3) is 0 Å². The van der Waals surface area contributed by atoms with E-state index in [1.807, 2.05) is 0 Å². The van der Waals surface area contributed by atoms with Crippen LogP contribution in [-0.4, -0.2) is 37.2 Å². The first-order valence-electron chi connectivity index (χ1n) is 30.6. The Balaban J connectivity index is 4.35. The molecule has 1 unspecified atom stereocenters. The summed E-state index contributed by atoms with van der Waals surface area (Å²) in [6.45, 7) is 6.50. The molecule has 6 heteroatoms. The number of rotatable bonds is 55. The molecule has 0 radical (unpaired) electrons. The minimum absolute atomic E-state index is 0.0843. The fourth-order valence-electron chi connectivity index (χ4n) is 8.52. The average molecular weight is 1000 g/mol. The monoisotopic (exact) mass is 1000 g/mol. The SMILES string of the molecule is CC/C=C\C/C=C\C/C=C\C/C=C\C/C=C\CCCCCCCCCC(=O)OCC(COC(=O)CCCCCCC/C=C\CCCCC)OC(=O)CCCCCCCCCCC/C=C\CCCCCCCC. The minimum Gasteiger partial charge on any atom is -0.462 e. The van der Waals surface area contributed by atoms with Gasteiger partial charge < -0.3 is 14.2 Å². The Labute approximate surface area is 445 Å². The first-order valence-corrected chi connectivity index (χ1v) is 30.6. The van der Waals surface area contributed by atoms with Crippen LogP contribution in [0, 0.1) is 0 Å². The highest BCUT2D eigenvalue weighted by Gasteiger charge is 2.19. The van der Waals surface area contributed by atoms with Crippen molar-refractivity contribution in [2.24, 2.45) is 0 Å². The van der Waals surface area contributed by atoms with Gasteiger partial charge in [0.25, 0.3) is 0 Å². The Morgan fingerprint density at radius 2 is 0.542 bits per heavy atom. The van der Waals surface area contributed by atoms with E-state index in [0.29, 0.717) is 19.3 Å². The molecular formula is C66H114O6. The van der Waals surface area contributed by atoms with E-state index in [2.05, 4.69) is 106 Å². The molecule has 0 aliphatic carbocycles. The first kappa shape index (κ1) is 68.6. The summed E-state index contributed by atoms with van der Waals surface area (Å²) >= 11 is 0. The van der Waals surface area contributed by atoms with Gasteiger partial charge in [-0.1, -0.05) is 247 Å². The predicted octanol–water partition coefficient (Wildman–Crippen LogP) is 20.7. The summed E-state index contributed by atoms with van der Waals surface area (Å²) in [4.78, 5) is 38.2. The van der Waals surface area contributed by atoms with Crippen molar-refractivity contribution in [2.75, 3.05) is 13.2 Å². The molecule has 0 saturated carbocycles. The zero-order valence-electron chi connectivity index (χ0n) is 47.4. The van der Waals surface area contributed by atoms with Gasteiger partial charge in [-0.25, -0.2) is 0 Å². The molecule has 0 saturated heterocycles. The van der Waals surface area contributed by atoms with Gasteiger partial charge in [0.2, 0.25) is 0 Å². The van der Waals surface area contributed by atoms with Gasteiger partial charge in [-0.2, -0.15) is 0 Å². The smallest absolute Gasteiger partial charge is 0.306 e. The van der Waals surface area contributed by atoms with E-state index in [-0.39, 0.29) is 31.1 Å². The summed E-state index contributed by atoms with van der Waals surface area (Å²) in [7, 11) is 0. The maximum Gasteiger partial charge on any atom is 0.306 e. The van der Waals surface area contributed by atoms with Gasteiger partial charge in [-0.3, -0.25) is 14.4 Å². The van der Waals surface area contributed by atoms with Crippen molar-refractivity contribution in [1.82, 2.24) is 0 Å². The predicted molar refractivity (Wildman–Crippen MR) is 311 cm³/mol. The zero-order valence-corrected chi connectivity index (χ0v) is 47.4. The van der Waals surface area contributed by atoms with Crippen LogP contribution in [0.3, 0.4) is 0 Å². The lowest BCUT2D eigenvalue weighted by Crippen LogP contribution is -2.30. The number of ether oxygens (including phenoxy) is 3. The molecule has 0 spiro atoms. The summed E-state index contributed by atoms with van der Waals surface area (Å²) in [5.41, 5.74) is 0. The molecule has 0 rings (SSSR count). The molecule has 414 valence electrons. The second-order valence-corrected chi connectivity index (χ2v) is 20.2. The van der Waals surface area contributed by atoms with Crippen LogP contribution in [0.4, 0.5) is 0 Å². The van der Waals surface area contributed by atoms with Crippen molar-refractivity contribution in [3.05, 3.63) is 85.1 Å². The largest absolute Gasteiger partial charge is 0.462 e. The van der Waals surface area contributed by atoms with Crippen molar-refractivity contribution in [3.63, 3.8) is 0 Å². The fourth-order valence-corrected chi connectivity index (χ4v) is 8.52. The Kier molecular flexibility index (Phi) is 57.3. The third kappa shape index (κ3) is 57.5. The van der Waals surface area contributed by atoms with E-state index in [9.17, 15) is 14.4 Å². The van der Waals surface area contributed by atoms with Crippen LogP contribution in [0.15, 0.2) is 85.1 Å². The quantitative estimate of drug-likeness (QED) is 0.0261. The van der Waals surface area contributed by atoms with Crippen molar-refractivity contribution in [2.45, 2.75) is 303 Å². The molecule has 0 amide bonds. The lowest BCUT2D eigenvalue weighted by atomic mass is 10.1. The molecule has 0 aliphatic rings. The number of hydrogen-bond acceptors (Lipinski definition) is 6. The summed E-state index contributed by atoms with van der Waals surface area (Å²) in [5.74, 6) is -0.897. The van der Waals surface area contributed by atoms with Crippen LogP contribution in [-0.2, 0) is 28.6 Å². The van der Waals surface area contributed by atoms with Gasteiger partial charge in [0.15, 0.2) is 6.10 Å². The molecule has 6 nitrogen and oxygen atoms in total. The van der Waals surface area contributed by atoms with Crippen LogP contribution >= 0.6 is 0 Å². The minimum atomic E-state index is -0.786. The third-order valence-electron chi connectivity index (χ3n) is 13.1. The molecule has 0 aromatic carbocycles. The van der Waals surface area contributed by atoms with Gasteiger partial charge in [-0.15, -0.1) is 0 Å². The maximum absolute atomic E-state index is 12.9. The second kappa shape index (κ2) is 60.1. The molecule has 0 bridgehead atoms. The number of hydrogen-bond donors (Lipinski definition) is 0. The molecule has 0 heterocycles. The van der Waals surface area contributed by atoms with E-state index in [0.717, 1.165) is 103 Å². The van der Waals surface area contributed by atoms with Crippen molar-refractivity contribution in [3.8, 4) is 0 Å². The number of unbranched alkanes of at least 4 members (excludes halogenated alkanes) is 30. The Bertz CT molecular complexity index is 1380. The summed E-state index contributed by atoms with van der Waals surface area (Å²) in [5, 5.41) is 0. The van der Waals surface area contributed by atoms with E-state index in [1.54, 1.807) is 0 Å². The molecule has 0 aromatic rings. The van der Waals surface area contributed by atoms with Crippen LogP contribution in [0.5, 0.6) is 0 Å². The van der Waals surface area contributed by atoms with Gasteiger partial charge in [-0.05, 0) is 116 Å². The van der Waals surface area contributed by atoms with E-state index >= 15 is 0 Å². The topological polar surface area (TPSA) is 78.9 Å². The standard InChI is InChI=1S/C66H114O6/c1-4-7-10-13-16-19-22-25-27-29-31-32-33-34-36-37-39-41-44-47-50-53-56-59-65(68)71-62-63(61-70-64(67)58-55-52-49-46-43-24-21-18-15-12-9-6-3)72-66(69)60-57-54-51-48-45-42-40-38-35-30-28-26-23-20-17-14-11-8-5-2/h7,10,16,18-19,21,25-28,31-32,34,36,63H,4-6,8-9,11-15,17,20,22-24,29-30,33,35,37-62H2,1-3H3/b10-7-,19-16-,21-18-,27-25-,28-26-,32-31-,36-34-. The number of esters is 3. The van der Waals surface area contributed by atoms with Crippen LogP contribution < -0.4 is 0 Å². The van der Waals surface area contributed by atoms with Crippen LogP contribution in [0.1, 0.15) is 297 Å². The molecular weight excluding hydrogens is 889 g/mol. The van der Waals surface area contributed by atoms with E-state index in [4.69, 9.17) is 14.2 Å². The average Bonchev–Trinajstić information content (AvgIpc) is 3.38. The Hall–Kier alpha value is -3.41. The number of carbonyl (C=O) groups excluding carboxylic acids is 3. The van der Waals surface area contributed by atoms with Crippen molar-refractivity contribution < 1.29 is 28.6 Å². The van der Waals surface area contributed by atoms with E-state index in [1.165, 1.54) is 154 Å². The normalized spacial score (nSPS) is 12.7. The molecule has 72 heavy (non-hydrogen) atoms. The van der Waals surface area contributed by atoms with E-state index < -0.39 is 6.10 Å². The highest BCUT2D eigenvalue weighted by atomic mass is 16.6. The zero-order chi connectivity index (χ0) is 52.2. The molecule has 0 aliphatic heterocycles. The van der Waals surface area contributed by atoms with Gasteiger partial charge >= 0.3 is 17.9 Å². The molecule has 1 atom stereocenters. The van der Waals surface area contributed by atoms with Crippen molar-refractivity contribution in [1.29, 1.82) is 0 Å². The molecule has 0 aromatic heterocycles. The van der Waals surface area contributed by atoms with Crippen molar-refractivity contribution >= 4 is 17.9 Å². The summed E-state index contributed by atoms with van der Waals surface area (Å²) in [6.07, 6.45) is 78.6.